The second-order valence-corrected chi connectivity index (χ2v) is 5.68. The van der Waals surface area contributed by atoms with Gasteiger partial charge in [0.15, 0.2) is 11.5 Å². The van der Waals surface area contributed by atoms with Crippen LogP contribution in [-0.2, 0) is 0 Å². The fourth-order valence-electron chi connectivity index (χ4n) is 2.13. The number of ether oxygens (including phenoxy) is 2. The van der Waals surface area contributed by atoms with E-state index in [0.717, 1.165) is 31.1 Å². The highest BCUT2D eigenvalue weighted by Gasteiger charge is 2.16. The molecule has 0 aromatic heterocycles. The molecule has 1 aliphatic heterocycles. The second-order valence-electron chi connectivity index (χ2n) is 5.68. The normalized spacial score (nSPS) is 17.9. The van der Waals surface area contributed by atoms with Crippen LogP contribution < -0.4 is 14.8 Å². The Labute approximate surface area is 116 Å². The molecule has 1 heterocycles. The van der Waals surface area contributed by atoms with Crippen molar-refractivity contribution < 1.29 is 9.47 Å². The van der Waals surface area contributed by atoms with Crippen molar-refractivity contribution >= 4 is 0 Å². The standard InChI is InChI=1S/C16H25NO2/c1-11(2)12(3)17-13(4)14-6-7-15-16(10-14)19-9-5-8-18-15/h6-7,10-13,17H,5,8-9H2,1-4H3. The minimum Gasteiger partial charge on any atom is -0.490 e. The number of nitrogens with one attached hydrogen (secondary N) is 1. The van der Waals surface area contributed by atoms with E-state index < -0.39 is 0 Å². The van der Waals surface area contributed by atoms with Crippen molar-refractivity contribution in [1.29, 1.82) is 0 Å². The van der Waals surface area contributed by atoms with Crippen LogP contribution in [0.3, 0.4) is 0 Å². The third kappa shape index (κ3) is 3.63. The van der Waals surface area contributed by atoms with Crippen LogP contribution in [0.4, 0.5) is 0 Å². The highest BCUT2D eigenvalue weighted by Crippen LogP contribution is 2.32. The molecule has 2 rings (SSSR count). The summed E-state index contributed by atoms with van der Waals surface area (Å²) in [7, 11) is 0. The molecule has 106 valence electrons. The quantitative estimate of drug-likeness (QED) is 0.901. The predicted molar refractivity (Wildman–Crippen MR) is 77.9 cm³/mol. The van der Waals surface area contributed by atoms with Gasteiger partial charge in [-0.3, -0.25) is 0 Å². The Morgan fingerprint density at radius 2 is 1.68 bits per heavy atom. The summed E-state index contributed by atoms with van der Waals surface area (Å²) in [4.78, 5) is 0. The van der Waals surface area contributed by atoms with Gasteiger partial charge in [-0.2, -0.15) is 0 Å². The smallest absolute Gasteiger partial charge is 0.161 e. The van der Waals surface area contributed by atoms with Crippen LogP contribution in [0.15, 0.2) is 18.2 Å². The molecule has 0 spiro atoms. The first-order chi connectivity index (χ1) is 9.08. The number of hydrogen-bond acceptors (Lipinski definition) is 3. The fourth-order valence-corrected chi connectivity index (χ4v) is 2.13. The Balaban J connectivity index is 2.10. The van der Waals surface area contributed by atoms with E-state index >= 15 is 0 Å². The molecule has 19 heavy (non-hydrogen) atoms. The molecule has 0 amide bonds. The maximum Gasteiger partial charge on any atom is 0.161 e. The van der Waals surface area contributed by atoms with Gasteiger partial charge in [0.2, 0.25) is 0 Å². The lowest BCUT2D eigenvalue weighted by Gasteiger charge is -2.23. The molecule has 1 N–H and O–H groups in total. The largest absolute Gasteiger partial charge is 0.490 e. The van der Waals surface area contributed by atoms with Gasteiger partial charge in [-0.25, -0.2) is 0 Å². The van der Waals surface area contributed by atoms with E-state index in [4.69, 9.17) is 9.47 Å². The van der Waals surface area contributed by atoms with E-state index in [1.54, 1.807) is 0 Å². The zero-order valence-corrected chi connectivity index (χ0v) is 12.4. The fraction of sp³-hybridized carbons (Fsp3) is 0.625. The topological polar surface area (TPSA) is 30.5 Å². The van der Waals surface area contributed by atoms with Crippen molar-refractivity contribution in [2.75, 3.05) is 13.2 Å². The first kappa shape index (κ1) is 14.2. The summed E-state index contributed by atoms with van der Waals surface area (Å²) in [5.74, 6) is 2.37. The number of fused-ring (bicyclic) bond motifs is 1. The molecule has 2 unspecified atom stereocenters. The molecule has 1 aliphatic rings. The molecule has 0 saturated heterocycles. The summed E-state index contributed by atoms with van der Waals surface area (Å²) in [5.41, 5.74) is 1.25. The Morgan fingerprint density at radius 3 is 2.37 bits per heavy atom. The molecule has 0 aliphatic carbocycles. The van der Waals surface area contributed by atoms with Crippen molar-refractivity contribution in [3.05, 3.63) is 23.8 Å². The van der Waals surface area contributed by atoms with Gasteiger partial charge < -0.3 is 14.8 Å². The summed E-state index contributed by atoms with van der Waals surface area (Å²) in [6.07, 6.45) is 0.947. The maximum absolute atomic E-state index is 5.74. The Kier molecular flexibility index (Phi) is 4.70. The van der Waals surface area contributed by atoms with Gasteiger partial charge in [0, 0.05) is 18.5 Å². The van der Waals surface area contributed by atoms with Crippen molar-refractivity contribution in [2.24, 2.45) is 5.92 Å². The lowest BCUT2D eigenvalue weighted by Crippen LogP contribution is -2.32. The van der Waals surface area contributed by atoms with E-state index in [-0.39, 0.29) is 0 Å². The second kappa shape index (κ2) is 6.29. The van der Waals surface area contributed by atoms with Crippen LogP contribution in [0.5, 0.6) is 11.5 Å². The van der Waals surface area contributed by atoms with E-state index in [9.17, 15) is 0 Å². The van der Waals surface area contributed by atoms with E-state index in [0.29, 0.717) is 18.0 Å². The third-order valence-corrected chi connectivity index (χ3v) is 3.78. The van der Waals surface area contributed by atoms with Gasteiger partial charge in [-0.1, -0.05) is 19.9 Å². The molecular formula is C16H25NO2. The molecule has 0 radical (unpaired) electrons. The van der Waals surface area contributed by atoms with Crippen LogP contribution in [0.2, 0.25) is 0 Å². The maximum atomic E-state index is 5.74. The molecule has 2 atom stereocenters. The molecule has 3 heteroatoms. The SMILES string of the molecule is CC(NC(C)C(C)C)c1ccc2c(c1)OCCCO2. The monoisotopic (exact) mass is 263 g/mol. The third-order valence-electron chi connectivity index (χ3n) is 3.78. The molecule has 3 nitrogen and oxygen atoms in total. The van der Waals surface area contributed by atoms with Gasteiger partial charge in [-0.15, -0.1) is 0 Å². The Morgan fingerprint density at radius 1 is 1.00 bits per heavy atom. The number of benzene rings is 1. The zero-order chi connectivity index (χ0) is 13.8. The van der Waals surface area contributed by atoms with Gasteiger partial charge in [0.1, 0.15) is 0 Å². The molecule has 1 aromatic carbocycles. The summed E-state index contributed by atoms with van der Waals surface area (Å²) < 4.78 is 11.4. The minimum absolute atomic E-state index is 0.314. The zero-order valence-electron chi connectivity index (χ0n) is 12.4. The first-order valence-corrected chi connectivity index (χ1v) is 7.23. The van der Waals surface area contributed by atoms with E-state index in [1.165, 1.54) is 5.56 Å². The van der Waals surface area contributed by atoms with Crippen LogP contribution in [-0.4, -0.2) is 19.3 Å². The summed E-state index contributed by atoms with van der Waals surface area (Å²) in [6.45, 7) is 10.4. The van der Waals surface area contributed by atoms with Crippen molar-refractivity contribution in [3.63, 3.8) is 0 Å². The lowest BCUT2D eigenvalue weighted by molar-refractivity contribution is 0.297. The number of hydrogen-bond donors (Lipinski definition) is 1. The van der Waals surface area contributed by atoms with Gasteiger partial charge >= 0.3 is 0 Å². The van der Waals surface area contributed by atoms with Crippen molar-refractivity contribution in [3.8, 4) is 11.5 Å². The molecule has 1 aromatic rings. The van der Waals surface area contributed by atoms with Crippen LogP contribution in [0.25, 0.3) is 0 Å². The molecule has 0 saturated carbocycles. The van der Waals surface area contributed by atoms with Gasteiger partial charge in [0.05, 0.1) is 13.2 Å². The molecule has 0 fully saturated rings. The average Bonchev–Trinajstić information content (AvgIpc) is 2.62. The molecule has 0 bridgehead atoms. The van der Waals surface area contributed by atoms with Gasteiger partial charge in [-0.05, 0) is 37.5 Å². The summed E-state index contributed by atoms with van der Waals surface area (Å²) >= 11 is 0. The summed E-state index contributed by atoms with van der Waals surface area (Å²) in [5, 5.41) is 3.62. The highest BCUT2D eigenvalue weighted by atomic mass is 16.5. The van der Waals surface area contributed by atoms with Crippen LogP contribution in [0, 0.1) is 5.92 Å². The van der Waals surface area contributed by atoms with Crippen LogP contribution in [0.1, 0.15) is 45.7 Å². The number of rotatable bonds is 4. The van der Waals surface area contributed by atoms with Gasteiger partial charge in [0.25, 0.3) is 0 Å². The van der Waals surface area contributed by atoms with Crippen molar-refractivity contribution in [1.82, 2.24) is 5.32 Å². The lowest BCUT2D eigenvalue weighted by atomic mass is 10.0. The van der Waals surface area contributed by atoms with E-state index in [2.05, 4.69) is 45.1 Å². The highest BCUT2D eigenvalue weighted by molar-refractivity contribution is 5.44. The molecular weight excluding hydrogens is 238 g/mol. The predicted octanol–water partition coefficient (Wildman–Crippen LogP) is 3.54. The van der Waals surface area contributed by atoms with E-state index in [1.807, 2.05) is 6.07 Å². The average molecular weight is 263 g/mol. The first-order valence-electron chi connectivity index (χ1n) is 7.23. The Bertz CT molecular complexity index is 417. The minimum atomic E-state index is 0.314. The van der Waals surface area contributed by atoms with Crippen LogP contribution >= 0.6 is 0 Å². The van der Waals surface area contributed by atoms with Crippen molar-refractivity contribution in [2.45, 2.75) is 46.2 Å². The Hall–Kier alpha value is -1.22. The summed E-state index contributed by atoms with van der Waals surface area (Å²) in [6, 6.07) is 7.05.